The second kappa shape index (κ2) is 6.66. The lowest BCUT2D eigenvalue weighted by atomic mass is 10.1. The standard InChI is InChI=1S/C16H22FN3/c1-4-6-16-13(10-18-5-2)11-19-20(16)15-8-7-14(17)9-12(15)3/h7-9,11,18H,4-6,10H2,1-3H3. The van der Waals surface area contributed by atoms with Gasteiger partial charge < -0.3 is 5.32 Å². The normalized spacial score (nSPS) is 11.0. The highest BCUT2D eigenvalue weighted by atomic mass is 19.1. The Hall–Kier alpha value is -1.68. The highest BCUT2D eigenvalue weighted by Crippen LogP contribution is 2.20. The number of halogens is 1. The van der Waals surface area contributed by atoms with Crippen molar-refractivity contribution in [1.82, 2.24) is 15.1 Å². The van der Waals surface area contributed by atoms with Gasteiger partial charge in [0, 0.05) is 17.8 Å². The van der Waals surface area contributed by atoms with Gasteiger partial charge in [-0.2, -0.15) is 5.10 Å². The Balaban J connectivity index is 2.42. The number of rotatable bonds is 6. The number of nitrogens with one attached hydrogen (secondary N) is 1. The van der Waals surface area contributed by atoms with E-state index in [-0.39, 0.29) is 5.82 Å². The molecule has 0 fully saturated rings. The molecule has 1 aromatic heterocycles. The maximum Gasteiger partial charge on any atom is 0.123 e. The molecule has 0 aliphatic heterocycles. The van der Waals surface area contributed by atoms with Gasteiger partial charge in [-0.1, -0.05) is 20.3 Å². The summed E-state index contributed by atoms with van der Waals surface area (Å²) in [7, 11) is 0. The van der Waals surface area contributed by atoms with Crippen molar-refractivity contribution in [3.63, 3.8) is 0 Å². The van der Waals surface area contributed by atoms with E-state index in [0.717, 1.165) is 37.2 Å². The molecule has 1 heterocycles. The molecule has 2 aromatic rings. The maximum atomic E-state index is 13.2. The van der Waals surface area contributed by atoms with E-state index < -0.39 is 0 Å². The zero-order valence-corrected chi connectivity index (χ0v) is 12.4. The largest absolute Gasteiger partial charge is 0.313 e. The Bertz CT molecular complexity index is 575. The van der Waals surface area contributed by atoms with Crippen LogP contribution >= 0.6 is 0 Å². The average molecular weight is 275 g/mol. The van der Waals surface area contributed by atoms with E-state index in [1.807, 2.05) is 17.8 Å². The molecule has 0 bridgehead atoms. The summed E-state index contributed by atoms with van der Waals surface area (Å²) in [6, 6.07) is 4.84. The molecule has 0 amide bonds. The first-order valence-electron chi connectivity index (χ1n) is 7.20. The summed E-state index contributed by atoms with van der Waals surface area (Å²) in [6.45, 7) is 7.93. The summed E-state index contributed by atoms with van der Waals surface area (Å²) in [4.78, 5) is 0. The van der Waals surface area contributed by atoms with Crippen LogP contribution in [0.3, 0.4) is 0 Å². The molecule has 3 nitrogen and oxygen atoms in total. The Morgan fingerprint density at radius 1 is 1.30 bits per heavy atom. The SMILES string of the molecule is CCCc1c(CNCC)cnn1-c1ccc(F)cc1C. The van der Waals surface area contributed by atoms with Crippen LogP contribution in [0.5, 0.6) is 0 Å². The number of nitrogens with zero attached hydrogens (tertiary/aromatic N) is 2. The molecule has 2 rings (SSSR count). The summed E-state index contributed by atoms with van der Waals surface area (Å²) >= 11 is 0. The van der Waals surface area contributed by atoms with Crippen molar-refractivity contribution >= 4 is 0 Å². The van der Waals surface area contributed by atoms with Crippen molar-refractivity contribution in [2.24, 2.45) is 0 Å². The van der Waals surface area contributed by atoms with Crippen LogP contribution in [-0.4, -0.2) is 16.3 Å². The van der Waals surface area contributed by atoms with Gasteiger partial charge in [0.05, 0.1) is 11.9 Å². The number of hydrogen-bond donors (Lipinski definition) is 1. The quantitative estimate of drug-likeness (QED) is 0.876. The van der Waals surface area contributed by atoms with Crippen molar-refractivity contribution in [3.05, 3.63) is 47.0 Å². The summed E-state index contributed by atoms with van der Waals surface area (Å²) in [5, 5.41) is 7.84. The first-order chi connectivity index (χ1) is 9.67. The van der Waals surface area contributed by atoms with Crippen LogP contribution in [0.25, 0.3) is 5.69 Å². The molecule has 0 saturated heterocycles. The van der Waals surface area contributed by atoms with Crippen molar-refractivity contribution in [3.8, 4) is 5.69 Å². The fourth-order valence-electron chi connectivity index (χ4n) is 2.38. The number of benzene rings is 1. The molecule has 0 saturated carbocycles. The Labute approximate surface area is 119 Å². The van der Waals surface area contributed by atoms with Gasteiger partial charge >= 0.3 is 0 Å². The van der Waals surface area contributed by atoms with E-state index in [2.05, 4.69) is 24.3 Å². The highest BCUT2D eigenvalue weighted by Gasteiger charge is 2.13. The predicted molar refractivity (Wildman–Crippen MR) is 79.6 cm³/mol. The summed E-state index contributed by atoms with van der Waals surface area (Å²) < 4.78 is 15.2. The Morgan fingerprint density at radius 2 is 2.10 bits per heavy atom. The third-order valence-corrected chi connectivity index (χ3v) is 3.39. The lowest BCUT2D eigenvalue weighted by Crippen LogP contribution is -2.13. The van der Waals surface area contributed by atoms with Crippen molar-refractivity contribution in [2.75, 3.05) is 6.54 Å². The molecule has 0 radical (unpaired) electrons. The molecule has 20 heavy (non-hydrogen) atoms. The zero-order valence-electron chi connectivity index (χ0n) is 12.4. The van der Waals surface area contributed by atoms with E-state index in [1.165, 1.54) is 17.3 Å². The lowest BCUT2D eigenvalue weighted by Gasteiger charge is -2.11. The topological polar surface area (TPSA) is 29.9 Å². The number of hydrogen-bond acceptors (Lipinski definition) is 2. The fourth-order valence-corrected chi connectivity index (χ4v) is 2.38. The van der Waals surface area contributed by atoms with Gasteiger partial charge in [-0.3, -0.25) is 0 Å². The fraction of sp³-hybridized carbons (Fsp3) is 0.438. The van der Waals surface area contributed by atoms with Crippen molar-refractivity contribution < 1.29 is 4.39 Å². The molecule has 0 unspecified atom stereocenters. The monoisotopic (exact) mass is 275 g/mol. The minimum atomic E-state index is -0.205. The smallest absolute Gasteiger partial charge is 0.123 e. The van der Waals surface area contributed by atoms with Gasteiger partial charge in [-0.15, -0.1) is 0 Å². The molecule has 0 aliphatic rings. The first-order valence-corrected chi connectivity index (χ1v) is 7.20. The van der Waals surface area contributed by atoms with E-state index in [0.29, 0.717) is 0 Å². The van der Waals surface area contributed by atoms with Crippen LogP contribution in [0.1, 0.15) is 37.1 Å². The minimum absolute atomic E-state index is 0.205. The predicted octanol–water partition coefficient (Wildman–Crippen LogP) is 3.38. The van der Waals surface area contributed by atoms with Crippen LogP contribution in [-0.2, 0) is 13.0 Å². The molecule has 0 aliphatic carbocycles. The summed E-state index contributed by atoms with van der Waals surface area (Å²) in [5.41, 5.74) is 4.29. The summed E-state index contributed by atoms with van der Waals surface area (Å²) in [5.74, 6) is -0.205. The molecule has 108 valence electrons. The third-order valence-electron chi connectivity index (χ3n) is 3.39. The van der Waals surface area contributed by atoms with Crippen LogP contribution in [0.2, 0.25) is 0 Å². The van der Waals surface area contributed by atoms with Crippen LogP contribution in [0.4, 0.5) is 4.39 Å². The Kier molecular flexibility index (Phi) is 4.90. The van der Waals surface area contributed by atoms with Gasteiger partial charge in [0.1, 0.15) is 5.82 Å². The van der Waals surface area contributed by atoms with Crippen molar-refractivity contribution in [1.29, 1.82) is 0 Å². The number of aromatic nitrogens is 2. The molecule has 1 N–H and O–H groups in total. The van der Waals surface area contributed by atoms with Gasteiger partial charge in [0.2, 0.25) is 0 Å². The molecule has 0 atom stereocenters. The third kappa shape index (κ3) is 3.07. The van der Waals surface area contributed by atoms with Gasteiger partial charge in [-0.25, -0.2) is 9.07 Å². The zero-order chi connectivity index (χ0) is 14.5. The molecule has 1 aromatic carbocycles. The molecule has 4 heteroatoms. The van der Waals surface area contributed by atoms with Crippen LogP contribution in [0, 0.1) is 12.7 Å². The molecular weight excluding hydrogens is 253 g/mol. The molecule has 0 spiro atoms. The van der Waals surface area contributed by atoms with Crippen molar-refractivity contribution in [2.45, 2.75) is 40.2 Å². The van der Waals surface area contributed by atoms with Gasteiger partial charge in [-0.05, 0) is 43.7 Å². The second-order valence-corrected chi connectivity index (χ2v) is 4.99. The van der Waals surface area contributed by atoms with Crippen LogP contribution in [0.15, 0.2) is 24.4 Å². The van der Waals surface area contributed by atoms with Gasteiger partial charge in [0.15, 0.2) is 0 Å². The Morgan fingerprint density at radius 3 is 2.75 bits per heavy atom. The molecular formula is C16H22FN3. The van der Waals surface area contributed by atoms with E-state index in [9.17, 15) is 4.39 Å². The lowest BCUT2D eigenvalue weighted by molar-refractivity contribution is 0.625. The van der Waals surface area contributed by atoms with Crippen LogP contribution < -0.4 is 5.32 Å². The van der Waals surface area contributed by atoms with E-state index in [1.54, 1.807) is 12.1 Å². The first kappa shape index (κ1) is 14.7. The maximum absolute atomic E-state index is 13.2. The average Bonchev–Trinajstić information content (AvgIpc) is 2.80. The minimum Gasteiger partial charge on any atom is -0.313 e. The van der Waals surface area contributed by atoms with E-state index >= 15 is 0 Å². The van der Waals surface area contributed by atoms with Gasteiger partial charge in [0.25, 0.3) is 0 Å². The van der Waals surface area contributed by atoms with E-state index in [4.69, 9.17) is 0 Å². The second-order valence-electron chi connectivity index (χ2n) is 4.99. The highest BCUT2D eigenvalue weighted by molar-refractivity contribution is 5.42. The number of aryl methyl sites for hydroxylation is 1. The summed E-state index contributed by atoms with van der Waals surface area (Å²) in [6.07, 6.45) is 3.94.